The second-order valence-corrected chi connectivity index (χ2v) is 3.89. The zero-order valence-electron chi connectivity index (χ0n) is 9.96. The second kappa shape index (κ2) is 5.19. The highest BCUT2D eigenvalue weighted by Crippen LogP contribution is 2.08. The van der Waals surface area contributed by atoms with Gasteiger partial charge in [0.25, 0.3) is 0 Å². The fraction of sp³-hybridized carbons (Fsp3) is 0.143. The van der Waals surface area contributed by atoms with Crippen LogP contribution in [0.15, 0.2) is 42.6 Å². The van der Waals surface area contributed by atoms with Gasteiger partial charge in [0, 0.05) is 13.2 Å². The lowest BCUT2D eigenvalue weighted by atomic mass is 10.2. The molecule has 0 atom stereocenters. The molecule has 0 aliphatic rings. The molecule has 2 rings (SSSR count). The van der Waals surface area contributed by atoms with Gasteiger partial charge in [0.05, 0.1) is 11.6 Å². The van der Waals surface area contributed by atoms with Crippen LogP contribution in [0.2, 0.25) is 0 Å². The average Bonchev–Trinajstić information content (AvgIpc) is 2.83. The molecule has 0 radical (unpaired) electrons. The Morgan fingerprint density at radius 1 is 1.33 bits per heavy atom. The van der Waals surface area contributed by atoms with Gasteiger partial charge in [-0.15, -0.1) is 0 Å². The first-order valence-corrected chi connectivity index (χ1v) is 5.48. The molecule has 0 saturated carbocycles. The third kappa shape index (κ3) is 2.58. The summed E-state index contributed by atoms with van der Waals surface area (Å²) in [6.45, 7) is 0.204. The number of hydrogen-bond acceptors (Lipinski definition) is 3. The van der Waals surface area contributed by atoms with Gasteiger partial charge in [-0.3, -0.25) is 0 Å². The monoisotopic (exact) mass is 240 g/mol. The minimum Gasteiger partial charge on any atom is -0.456 e. The molecule has 4 nitrogen and oxygen atoms in total. The summed E-state index contributed by atoms with van der Waals surface area (Å²) in [6, 6.07) is 12.5. The van der Waals surface area contributed by atoms with Crippen molar-refractivity contribution in [3.05, 3.63) is 59.4 Å². The highest BCUT2D eigenvalue weighted by atomic mass is 16.5. The zero-order valence-corrected chi connectivity index (χ0v) is 9.96. The summed E-state index contributed by atoms with van der Waals surface area (Å²) in [5.74, 6) is -0.355. The number of nitriles is 1. The summed E-state index contributed by atoms with van der Waals surface area (Å²) in [4.78, 5) is 11.7. The molecule has 0 saturated heterocycles. The number of benzene rings is 1. The molecule has 1 heterocycles. The van der Waals surface area contributed by atoms with E-state index in [-0.39, 0.29) is 12.6 Å². The predicted octanol–water partition coefficient (Wildman–Crippen LogP) is 2.25. The maximum absolute atomic E-state index is 11.7. The van der Waals surface area contributed by atoms with Gasteiger partial charge in [-0.05, 0) is 29.8 Å². The number of aryl methyl sites for hydroxylation is 1. The Labute approximate surface area is 105 Å². The molecular weight excluding hydrogens is 228 g/mol. The summed E-state index contributed by atoms with van der Waals surface area (Å²) in [5.41, 5.74) is 1.97. The van der Waals surface area contributed by atoms with Gasteiger partial charge in [0.2, 0.25) is 0 Å². The van der Waals surface area contributed by atoms with Crippen LogP contribution in [-0.4, -0.2) is 10.5 Å². The Balaban J connectivity index is 1.97. The van der Waals surface area contributed by atoms with E-state index in [0.29, 0.717) is 11.3 Å². The summed E-state index contributed by atoms with van der Waals surface area (Å²) < 4.78 is 6.89. The van der Waals surface area contributed by atoms with Crippen molar-refractivity contribution in [1.82, 2.24) is 4.57 Å². The van der Waals surface area contributed by atoms with Gasteiger partial charge in [0.1, 0.15) is 12.3 Å². The molecule has 90 valence electrons. The Kier molecular flexibility index (Phi) is 3.44. The van der Waals surface area contributed by atoms with Gasteiger partial charge in [-0.25, -0.2) is 4.79 Å². The Bertz CT molecular complexity index is 591. The normalized spacial score (nSPS) is 9.78. The van der Waals surface area contributed by atoms with Crippen LogP contribution in [0.1, 0.15) is 21.6 Å². The lowest BCUT2D eigenvalue weighted by molar-refractivity contribution is 0.0461. The number of aromatic nitrogens is 1. The van der Waals surface area contributed by atoms with E-state index in [1.807, 2.05) is 6.07 Å². The average molecular weight is 240 g/mol. The van der Waals surface area contributed by atoms with E-state index >= 15 is 0 Å². The van der Waals surface area contributed by atoms with E-state index in [9.17, 15) is 4.79 Å². The van der Waals surface area contributed by atoms with Gasteiger partial charge in [-0.2, -0.15) is 5.26 Å². The first-order valence-electron chi connectivity index (χ1n) is 5.48. The van der Waals surface area contributed by atoms with Crippen molar-refractivity contribution in [3.63, 3.8) is 0 Å². The number of carbonyl (C=O) groups is 1. The smallest absolute Gasteiger partial charge is 0.355 e. The first kappa shape index (κ1) is 11.9. The summed E-state index contributed by atoms with van der Waals surface area (Å²) in [6.07, 6.45) is 1.79. The van der Waals surface area contributed by atoms with Gasteiger partial charge in [0.15, 0.2) is 0 Å². The third-order valence-corrected chi connectivity index (χ3v) is 2.61. The number of hydrogen-bond donors (Lipinski definition) is 0. The maximum atomic E-state index is 11.7. The van der Waals surface area contributed by atoms with Crippen LogP contribution in [0.5, 0.6) is 0 Å². The van der Waals surface area contributed by atoms with E-state index in [1.54, 1.807) is 54.2 Å². The number of ether oxygens (including phenoxy) is 1. The molecule has 1 aromatic heterocycles. The van der Waals surface area contributed by atoms with E-state index in [4.69, 9.17) is 10.00 Å². The standard InChI is InChI=1S/C14H12N2O2/c1-16-8-2-3-13(16)14(17)18-10-12-6-4-11(9-15)5-7-12/h2-8H,10H2,1H3. The minimum absolute atomic E-state index is 0.204. The number of carbonyl (C=O) groups excluding carboxylic acids is 1. The van der Waals surface area contributed by atoms with Crippen LogP contribution in [0.25, 0.3) is 0 Å². The van der Waals surface area contributed by atoms with Gasteiger partial charge >= 0.3 is 5.97 Å². The molecule has 1 aromatic carbocycles. The molecular formula is C14H12N2O2. The van der Waals surface area contributed by atoms with Crippen LogP contribution >= 0.6 is 0 Å². The van der Waals surface area contributed by atoms with Crippen LogP contribution in [0, 0.1) is 11.3 Å². The van der Waals surface area contributed by atoms with E-state index < -0.39 is 0 Å². The molecule has 0 unspecified atom stereocenters. The lowest BCUT2D eigenvalue weighted by Crippen LogP contribution is -2.09. The third-order valence-electron chi connectivity index (χ3n) is 2.61. The van der Waals surface area contributed by atoms with Gasteiger partial charge in [-0.1, -0.05) is 12.1 Å². The molecule has 18 heavy (non-hydrogen) atoms. The fourth-order valence-corrected chi connectivity index (χ4v) is 1.57. The maximum Gasteiger partial charge on any atom is 0.355 e. The summed E-state index contributed by atoms with van der Waals surface area (Å²) in [7, 11) is 1.79. The SMILES string of the molecule is Cn1cccc1C(=O)OCc1ccc(C#N)cc1. The van der Waals surface area contributed by atoms with E-state index in [1.165, 1.54) is 0 Å². The molecule has 4 heteroatoms. The highest BCUT2D eigenvalue weighted by Gasteiger charge is 2.10. The van der Waals surface area contributed by atoms with Crippen molar-refractivity contribution in [2.75, 3.05) is 0 Å². The topological polar surface area (TPSA) is 55.0 Å². The van der Waals surface area contributed by atoms with Crippen LogP contribution < -0.4 is 0 Å². The zero-order chi connectivity index (χ0) is 13.0. The first-order chi connectivity index (χ1) is 8.70. The summed E-state index contributed by atoms with van der Waals surface area (Å²) in [5, 5.41) is 8.66. The van der Waals surface area contributed by atoms with E-state index in [2.05, 4.69) is 0 Å². The van der Waals surface area contributed by atoms with E-state index in [0.717, 1.165) is 5.56 Å². The quantitative estimate of drug-likeness (QED) is 0.773. The van der Waals surface area contributed by atoms with Crippen molar-refractivity contribution < 1.29 is 9.53 Å². The molecule has 2 aromatic rings. The molecule has 0 fully saturated rings. The minimum atomic E-state index is -0.355. The second-order valence-electron chi connectivity index (χ2n) is 3.89. The Morgan fingerprint density at radius 3 is 2.61 bits per heavy atom. The van der Waals surface area contributed by atoms with Crippen LogP contribution in [0.3, 0.4) is 0 Å². The van der Waals surface area contributed by atoms with Crippen LogP contribution in [0.4, 0.5) is 0 Å². The lowest BCUT2D eigenvalue weighted by Gasteiger charge is -2.05. The molecule has 0 aliphatic carbocycles. The van der Waals surface area contributed by atoms with Crippen molar-refractivity contribution in [3.8, 4) is 6.07 Å². The van der Waals surface area contributed by atoms with Gasteiger partial charge < -0.3 is 9.30 Å². The number of rotatable bonds is 3. The Morgan fingerprint density at radius 2 is 2.06 bits per heavy atom. The Hall–Kier alpha value is -2.54. The number of nitrogens with zero attached hydrogens (tertiary/aromatic N) is 2. The number of esters is 1. The van der Waals surface area contributed by atoms with Crippen molar-refractivity contribution >= 4 is 5.97 Å². The van der Waals surface area contributed by atoms with Crippen LogP contribution in [-0.2, 0) is 18.4 Å². The molecule has 0 spiro atoms. The highest BCUT2D eigenvalue weighted by molar-refractivity contribution is 5.87. The summed E-state index contributed by atoms with van der Waals surface area (Å²) >= 11 is 0. The molecule has 0 bridgehead atoms. The molecule has 0 N–H and O–H groups in total. The van der Waals surface area contributed by atoms with Crippen molar-refractivity contribution in [2.24, 2.45) is 7.05 Å². The van der Waals surface area contributed by atoms with Crippen molar-refractivity contribution in [2.45, 2.75) is 6.61 Å². The molecule has 0 aliphatic heterocycles. The van der Waals surface area contributed by atoms with Crippen molar-refractivity contribution in [1.29, 1.82) is 5.26 Å². The molecule has 0 amide bonds. The predicted molar refractivity (Wildman–Crippen MR) is 65.7 cm³/mol. The fourth-order valence-electron chi connectivity index (χ4n) is 1.57. The largest absolute Gasteiger partial charge is 0.456 e.